The molecule has 26 heavy (non-hydrogen) atoms. The fourth-order valence-electron chi connectivity index (χ4n) is 4.52. The highest BCUT2D eigenvalue weighted by molar-refractivity contribution is 5.97. The zero-order valence-corrected chi connectivity index (χ0v) is 15.5. The molecule has 138 valence electrons. The molecule has 1 saturated heterocycles. The van der Waals surface area contributed by atoms with Crippen molar-refractivity contribution in [2.24, 2.45) is 11.8 Å². The lowest BCUT2D eigenvalue weighted by molar-refractivity contribution is -0.0545. The lowest BCUT2D eigenvalue weighted by atomic mass is 9.65. The lowest BCUT2D eigenvalue weighted by Gasteiger charge is -2.47. The molecule has 1 aliphatic carbocycles. The minimum Gasteiger partial charge on any atom is -0.377 e. The Morgan fingerprint density at radius 2 is 2.19 bits per heavy atom. The summed E-state index contributed by atoms with van der Waals surface area (Å²) in [7, 11) is 0. The van der Waals surface area contributed by atoms with Crippen LogP contribution in [0.1, 0.15) is 42.7 Å². The third kappa shape index (κ3) is 2.55. The van der Waals surface area contributed by atoms with E-state index in [1.54, 1.807) is 12.3 Å². The van der Waals surface area contributed by atoms with Crippen molar-refractivity contribution in [2.75, 3.05) is 6.61 Å². The van der Waals surface area contributed by atoms with Gasteiger partial charge in [-0.25, -0.2) is 4.98 Å². The fourth-order valence-corrected chi connectivity index (χ4v) is 4.52. The molecule has 0 unspecified atom stereocenters. The molecule has 0 bridgehead atoms. The van der Waals surface area contributed by atoms with Gasteiger partial charge >= 0.3 is 0 Å². The number of hydrogen-bond acceptors (Lipinski definition) is 4. The Bertz CT molecular complexity index is 920. The molecule has 6 heteroatoms. The van der Waals surface area contributed by atoms with Crippen LogP contribution in [0.3, 0.4) is 0 Å². The maximum Gasteiger partial charge on any atom is 0.257 e. The number of hydrogen-bond donors (Lipinski definition) is 1. The number of nitrogens with one attached hydrogen (secondary N) is 1. The van der Waals surface area contributed by atoms with E-state index in [9.17, 15) is 9.59 Å². The van der Waals surface area contributed by atoms with Gasteiger partial charge in [0.15, 0.2) is 0 Å². The second kappa shape index (κ2) is 6.50. The van der Waals surface area contributed by atoms with Crippen molar-refractivity contribution in [3.05, 3.63) is 39.8 Å². The number of carbonyl (C=O) groups excluding carboxylic acids is 1. The lowest BCUT2D eigenvalue weighted by Crippen LogP contribution is -2.61. The van der Waals surface area contributed by atoms with Crippen molar-refractivity contribution in [1.82, 2.24) is 14.9 Å². The SMILES string of the molecule is CC[C@H]1[C@@H](NC(=O)c2cn(CC)c3nc(C)ccc3c2=O)[C@H]2CCO[C@H]21. The number of rotatable bonds is 4. The second-order valence-corrected chi connectivity index (χ2v) is 7.34. The first-order valence-electron chi connectivity index (χ1n) is 9.48. The van der Waals surface area contributed by atoms with Crippen molar-refractivity contribution in [1.29, 1.82) is 0 Å². The van der Waals surface area contributed by atoms with E-state index in [-0.39, 0.29) is 29.0 Å². The Labute approximate surface area is 152 Å². The zero-order chi connectivity index (χ0) is 18.4. The Morgan fingerprint density at radius 1 is 1.38 bits per heavy atom. The predicted molar refractivity (Wildman–Crippen MR) is 99.3 cm³/mol. The maximum absolute atomic E-state index is 12.9. The summed E-state index contributed by atoms with van der Waals surface area (Å²) in [4.78, 5) is 30.3. The van der Waals surface area contributed by atoms with Gasteiger partial charge in [-0.2, -0.15) is 0 Å². The third-order valence-corrected chi connectivity index (χ3v) is 5.94. The summed E-state index contributed by atoms with van der Waals surface area (Å²) in [5.74, 6) is 0.431. The van der Waals surface area contributed by atoms with E-state index < -0.39 is 0 Å². The van der Waals surface area contributed by atoms with Gasteiger partial charge in [0.1, 0.15) is 11.2 Å². The molecule has 1 amide bonds. The van der Waals surface area contributed by atoms with Crippen LogP contribution in [0.5, 0.6) is 0 Å². The Morgan fingerprint density at radius 3 is 2.92 bits per heavy atom. The maximum atomic E-state index is 12.9. The van der Waals surface area contributed by atoms with Gasteiger partial charge in [-0.15, -0.1) is 0 Å². The first-order chi connectivity index (χ1) is 12.5. The monoisotopic (exact) mass is 355 g/mol. The van der Waals surface area contributed by atoms with Gasteiger partial charge in [0.2, 0.25) is 5.43 Å². The van der Waals surface area contributed by atoms with Gasteiger partial charge in [-0.05, 0) is 38.8 Å². The van der Waals surface area contributed by atoms with Gasteiger partial charge < -0.3 is 14.6 Å². The summed E-state index contributed by atoms with van der Waals surface area (Å²) in [6.07, 6.45) is 3.86. The molecule has 0 radical (unpaired) electrons. The summed E-state index contributed by atoms with van der Waals surface area (Å²) in [5.41, 5.74) is 1.43. The number of aryl methyl sites for hydroxylation is 2. The van der Waals surface area contributed by atoms with Crippen LogP contribution in [0, 0.1) is 18.8 Å². The third-order valence-electron chi connectivity index (χ3n) is 5.94. The molecule has 1 N–H and O–H groups in total. The van der Waals surface area contributed by atoms with Gasteiger partial charge in [-0.3, -0.25) is 9.59 Å². The summed E-state index contributed by atoms with van der Waals surface area (Å²) in [6.45, 7) is 7.41. The van der Waals surface area contributed by atoms with Crippen molar-refractivity contribution in [2.45, 2.75) is 52.3 Å². The molecule has 2 aromatic rings. The summed E-state index contributed by atoms with van der Waals surface area (Å²) in [5, 5.41) is 3.61. The van der Waals surface area contributed by atoms with Crippen LogP contribution in [0.25, 0.3) is 11.0 Å². The highest BCUT2D eigenvalue weighted by Gasteiger charge is 2.53. The molecule has 1 saturated carbocycles. The van der Waals surface area contributed by atoms with Gasteiger partial charge in [-0.1, -0.05) is 6.92 Å². The fraction of sp³-hybridized carbons (Fsp3) is 0.550. The molecule has 2 aliphatic rings. The number of carbonyl (C=O) groups is 1. The topological polar surface area (TPSA) is 73.2 Å². The van der Waals surface area contributed by atoms with Crippen molar-refractivity contribution in [3.63, 3.8) is 0 Å². The first-order valence-corrected chi connectivity index (χ1v) is 9.48. The zero-order valence-electron chi connectivity index (χ0n) is 15.5. The molecule has 3 heterocycles. The molecule has 2 aromatic heterocycles. The average Bonchev–Trinajstić information content (AvgIpc) is 3.04. The molecule has 0 spiro atoms. The van der Waals surface area contributed by atoms with Crippen molar-refractivity contribution >= 4 is 16.9 Å². The predicted octanol–water partition coefficient (Wildman–Crippen LogP) is 2.27. The first kappa shape index (κ1) is 17.2. The quantitative estimate of drug-likeness (QED) is 0.913. The van der Waals surface area contributed by atoms with Crippen LogP contribution in [0.15, 0.2) is 23.1 Å². The molecule has 2 fully saturated rings. The highest BCUT2D eigenvalue weighted by Crippen LogP contribution is 2.45. The van der Waals surface area contributed by atoms with Gasteiger partial charge in [0, 0.05) is 42.9 Å². The number of aromatic nitrogens is 2. The van der Waals surface area contributed by atoms with E-state index in [1.165, 1.54) is 0 Å². The number of nitrogens with zero attached hydrogens (tertiary/aromatic N) is 2. The molecule has 6 nitrogen and oxygen atoms in total. The van der Waals surface area contributed by atoms with Crippen LogP contribution in [0.4, 0.5) is 0 Å². The molecule has 4 rings (SSSR count). The molecular weight excluding hydrogens is 330 g/mol. The molecule has 4 atom stereocenters. The van der Waals surface area contributed by atoms with Gasteiger partial charge in [0.05, 0.1) is 11.5 Å². The molecule has 1 aliphatic heterocycles. The second-order valence-electron chi connectivity index (χ2n) is 7.34. The molecule has 0 aromatic carbocycles. The van der Waals surface area contributed by atoms with E-state index in [2.05, 4.69) is 17.2 Å². The number of ether oxygens (including phenoxy) is 1. The number of fused-ring (bicyclic) bond motifs is 2. The van der Waals surface area contributed by atoms with Crippen LogP contribution >= 0.6 is 0 Å². The van der Waals surface area contributed by atoms with E-state index in [4.69, 9.17) is 4.74 Å². The van der Waals surface area contributed by atoms with E-state index in [0.717, 1.165) is 25.1 Å². The Kier molecular flexibility index (Phi) is 4.31. The van der Waals surface area contributed by atoms with E-state index >= 15 is 0 Å². The van der Waals surface area contributed by atoms with Crippen LogP contribution in [0.2, 0.25) is 0 Å². The van der Waals surface area contributed by atoms with Crippen LogP contribution in [-0.4, -0.2) is 34.2 Å². The summed E-state index contributed by atoms with van der Waals surface area (Å²) in [6, 6.07) is 3.67. The number of amides is 1. The highest BCUT2D eigenvalue weighted by atomic mass is 16.5. The normalized spacial score (nSPS) is 27.2. The largest absolute Gasteiger partial charge is 0.377 e. The smallest absolute Gasteiger partial charge is 0.257 e. The standard InChI is InChI=1S/C20H25N3O3/c1-4-12-16(13-8-9-26-18(12)13)22-20(25)15-10-23(5-2)19-14(17(15)24)7-6-11(3)21-19/h6-7,10,12-13,16,18H,4-5,8-9H2,1-3H3,(H,22,25)/t12-,13+,16+,18-/m0/s1. The van der Waals surface area contributed by atoms with Crippen molar-refractivity contribution in [3.8, 4) is 0 Å². The minimum atomic E-state index is -0.284. The van der Waals surface area contributed by atoms with E-state index in [0.29, 0.717) is 29.4 Å². The van der Waals surface area contributed by atoms with Crippen LogP contribution < -0.4 is 10.7 Å². The summed E-state index contributed by atoms with van der Waals surface area (Å²) < 4.78 is 7.65. The van der Waals surface area contributed by atoms with E-state index in [1.807, 2.05) is 24.5 Å². The Balaban J connectivity index is 1.68. The number of pyridine rings is 2. The minimum absolute atomic E-state index is 0.0984. The van der Waals surface area contributed by atoms with Crippen molar-refractivity contribution < 1.29 is 9.53 Å². The van der Waals surface area contributed by atoms with Gasteiger partial charge in [0.25, 0.3) is 5.91 Å². The summed E-state index contributed by atoms with van der Waals surface area (Å²) >= 11 is 0. The Hall–Kier alpha value is -2.21. The molecular formula is C20H25N3O3. The average molecular weight is 355 g/mol. The van der Waals surface area contributed by atoms with Crippen LogP contribution in [-0.2, 0) is 11.3 Å².